The number of fused-ring (bicyclic) bond motifs is 2. The summed E-state index contributed by atoms with van der Waals surface area (Å²) in [6.45, 7) is 1.13. The van der Waals surface area contributed by atoms with Gasteiger partial charge < -0.3 is 0 Å². The lowest BCUT2D eigenvalue weighted by Gasteiger charge is -2.21. The summed E-state index contributed by atoms with van der Waals surface area (Å²) in [7, 11) is 0. The molecule has 2 fully saturated rings. The Morgan fingerprint density at radius 2 is 2.36 bits per heavy atom. The van der Waals surface area contributed by atoms with Gasteiger partial charge in [0.25, 0.3) is 0 Å². The van der Waals surface area contributed by atoms with E-state index in [1.807, 2.05) is 6.07 Å². The van der Waals surface area contributed by atoms with Crippen molar-refractivity contribution in [2.75, 3.05) is 0 Å². The molecule has 2 aliphatic rings. The second-order valence-electron chi connectivity index (χ2n) is 4.80. The molecular formula is C11H15BrN2. The largest absolute Gasteiger partial charge is 0.271 e. The van der Waals surface area contributed by atoms with E-state index in [4.69, 9.17) is 0 Å². The first-order valence-corrected chi connectivity index (χ1v) is 6.29. The Hall–Kier alpha value is -0.310. The third-order valence-corrected chi connectivity index (χ3v) is 4.34. The van der Waals surface area contributed by atoms with Crippen LogP contribution in [0.15, 0.2) is 16.9 Å². The zero-order valence-electron chi connectivity index (χ0n) is 8.19. The van der Waals surface area contributed by atoms with E-state index in [2.05, 4.69) is 31.9 Å². The molecule has 0 saturated heterocycles. The van der Waals surface area contributed by atoms with Crippen LogP contribution in [0.4, 0.5) is 0 Å². The highest BCUT2D eigenvalue weighted by Gasteiger charge is 2.39. The molecule has 2 nitrogen and oxygen atoms in total. The van der Waals surface area contributed by atoms with Crippen LogP contribution in [0.5, 0.6) is 0 Å². The molecule has 1 aromatic rings. The van der Waals surface area contributed by atoms with Crippen molar-refractivity contribution in [3.63, 3.8) is 0 Å². The van der Waals surface area contributed by atoms with Crippen LogP contribution in [0.1, 0.15) is 25.7 Å². The number of aromatic nitrogens is 2. The first-order chi connectivity index (χ1) is 6.81. The predicted molar refractivity (Wildman–Crippen MR) is 58.9 cm³/mol. The molecule has 3 unspecified atom stereocenters. The average Bonchev–Trinajstić information content (AvgIpc) is 2.82. The van der Waals surface area contributed by atoms with Gasteiger partial charge in [-0.1, -0.05) is 6.42 Å². The van der Waals surface area contributed by atoms with Crippen LogP contribution in [-0.2, 0) is 6.54 Å². The molecule has 3 heteroatoms. The summed E-state index contributed by atoms with van der Waals surface area (Å²) >= 11 is 3.39. The number of halogens is 1. The normalized spacial score (nSPS) is 35.4. The summed E-state index contributed by atoms with van der Waals surface area (Å²) in [6, 6.07) is 2.02. The SMILES string of the molecule is Brc1ccn(CC2CC3CCC2C3)n1. The molecule has 2 saturated carbocycles. The number of hydrogen-bond donors (Lipinski definition) is 0. The van der Waals surface area contributed by atoms with E-state index >= 15 is 0 Å². The van der Waals surface area contributed by atoms with Gasteiger partial charge in [-0.3, -0.25) is 4.68 Å². The molecule has 2 bridgehead atoms. The van der Waals surface area contributed by atoms with Crippen LogP contribution < -0.4 is 0 Å². The fourth-order valence-electron chi connectivity index (χ4n) is 3.28. The molecule has 3 atom stereocenters. The van der Waals surface area contributed by atoms with E-state index < -0.39 is 0 Å². The molecular weight excluding hydrogens is 240 g/mol. The molecule has 14 heavy (non-hydrogen) atoms. The maximum Gasteiger partial charge on any atom is 0.128 e. The van der Waals surface area contributed by atoms with Crippen molar-refractivity contribution >= 4 is 15.9 Å². The second kappa shape index (κ2) is 3.37. The Bertz CT molecular complexity index is 334. The van der Waals surface area contributed by atoms with Gasteiger partial charge in [-0.15, -0.1) is 0 Å². The maximum atomic E-state index is 4.39. The fourth-order valence-corrected chi connectivity index (χ4v) is 3.60. The second-order valence-corrected chi connectivity index (χ2v) is 5.61. The molecule has 76 valence electrons. The Labute approximate surface area is 92.8 Å². The lowest BCUT2D eigenvalue weighted by molar-refractivity contribution is 0.285. The van der Waals surface area contributed by atoms with Gasteiger partial charge in [0, 0.05) is 12.7 Å². The van der Waals surface area contributed by atoms with E-state index in [0.29, 0.717) is 0 Å². The predicted octanol–water partition coefficient (Wildman–Crippen LogP) is 3.08. The van der Waals surface area contributed by atoms with Gasteiger partial charge >= 0.3 is 0 Å². The monoisotopic (exact) mass is 254 g/mol. The molecule has 0 radical (unpaired) electrons. The topological polar surface area (TPSA) is 17.8 Å². The fraction of sp³-hybridized carbons (Fsp3) is 0.727. The summed E-state index contributed by atoms with van der Waals surface area (Å²) in [5.41, 5.74) is 0. The van der Waals surface area contributed by atoms with Crippen molar-refractivity contribution in [1.29, 1.82) is 0 Å². The van der Waals surface area contributed by atoms with E-state index in [-0.39, 0.29) is 0 Å². The zero-order valence-corrected chi connectivity index (χ0v) is 9.78. The number of rotatable bonds is 2. The maximum absolute atomic E-state index is 4.39. The highest BCUT2D eigenvalue weighted by molar-refractivity contribution is 9.10. The number of nitrogens with zero attached hydrogens (tertiary/aromatic N) is 2. The molecule has 1 heterocycles. The minimum Gasteiger partial charge on any atom is -0.271 e. The Kier molecular flexibility index (Phi) is 2.15. The lowest BCUT2D eigenvalue weighted by Crippen LogP contribution is -2.17. The molecule has 0 spiro atoms. The van der Waals surface area contributed by atoms with Gasteiger partial charge in [-0.2, -0.15) is 5.10 Å². The van der Waals surface area contributed by atoms with E-state index in [1.165, 1.54) is 25.7 Å². The van der Waals surface area contributed by atoms with Gasteiger partial charge in [0.05, 0.1) is 0 Å². The standard InChI is InChI=1S/C11H15BrN2/c12-11-3-4-14(13-11)7-10-6-8-1-2-9(10)5-8/h3-4,8-10H,1-2,5-7H2. The summed E-state index contributed by atoms with van der Waals surface area (Å²) in [4.78, 5) is 0. The summed E-state index contributed by atoms with van der Waals surface area (Å²) in [5.74, 6) is 2.95. The van der Waals surface area contributed by atoms with Gasteiger partial charge in [0.2, 0.25) is 0 Å². The molecule has 1 aromatic heterocycles. The van der Waals surface area contributed by atoms with E-state index in [1.54, 1.807) is 0 Å². The third-order valence-electron chi connectivity index (χ3n) is 3.91. The average molecular weight is 255 g/mol. The molecule has 0 aromatic carbocycles. The van der Waals surface area contributed by atoms with Crippen molar-refractivity contribution in [3.05, 3.63) is 16.9 Å². The Morgan fingerprint density at radius 3 is 2.93 bits per heavy atom. The molecule has 0 aliphatic heterocycles. The van der Waals surface area contributed by atoms with Crippen molar-refractivity contribution in [1.82, 2.24) is 9.78 Å². The smallest absolute Gasteiger partial charge is 0.128 e. The molecule has 0 N–H and O–H groups in total. The van der Waals surface area contributed by atoms with Gasteiger partial charge in [-0.05, 0) is 59.0 Å². The highest BCUT2D eigenvalue weighted by atomic mass is 79.9. The van der Waals surface area contributed by atoms with Gasteiger partial charge in [0.1, 0.15) is 4.60 Å². The van der Waals surface area contributed by atoms with Gasteiger partial charge in [0.15, 0.2) is 0 Å². The summed E-state index contributed by atoms with van der Waals surface area (Å²) < 4.78 is 3.05. The lowest BCUT2D eigenvalue weighted by atomic mass is 9.89. The third kappa shape index (κ3) is 1.52. The van der Waals surface area contributed by atoms with E-state index in [9.17, 15) is 0 Å². The minimum atomic E-state index is 0.903. The van der Waals surface area contributed by atoms with Crippen LogP contribution in [0.3, 0.4) is 0 Å². The van der Waals surface area contributed by atoms with Crippen molar-refractivity contribution in [2.24, 2.45) is 17.8 Å². The van der Waals surface area contributed by atoms with E-state index in [0.717, 1.165) is 28.9 Å². The molecule has 0 amide bonds. The summed E-state index contributed by atoms with van der Waals surface area (Å²) in [5, 5.41) is 4.39. The van der Waals surface area contributed by atoms with Crippen LogP contribution >= 0.6 is 15.9 Å². The quantitative estimate of drug-likeness (QED) is 0.794. The molecule has 2 aliphatic carbocycles. The van der Waals surface area contributed by atoms with Crippen LogP contribution in [-0.4, -0.2) is 9.78 Å². The minimum absolute atomic E-state index is 0.903. The van der Waals surface area contributed by atoms with Crippen molar-refractivity contribution < 1.29 is 0 Å². The number of hydrogen-bond acceptors (Lipinski definition) is 1. The van der Waals surface area contributed by atoms with Gasteiger partial charge in [-0.25, -0.2) is 0 Å². The van der Waals surface area contributed by atoms with Crippen molar-refractivity contribution in [2.45, 2.75) is 32.2 Å². The highest BCUT2D eigenvalue weighted by Crippen LogP contribution is 2.48. The Balaban J connectivity index is 1.68. The Morgan fingerprint density at radius 1 is 1.43 bits per heavy atom. The first kappa shape index (κ1) is 8.96. The first-order valence-electron chi connectivity index (χ1n) is 5.50. The van der Waals surface area contributed by atoms with Crippen LogP contribution in [0.2, 0.25) is 0 Å². The molecule has 3 rings (SSSR count). The summed E-state index contributed by atoms with van der Waals surface area (Å²) in [6.07, 6.45) is 7.98. The van der Waals surface area contributed by atoms with Crippen LogP contribution in [0, 0.1) is 17.8 Å². The van der Waals surface area contributed by atoms with Crippen molar-refractivity contribution in [3.8, 4) is 0 Å². The zero-order chi connectivity index (χ0) is 9.54. The van der Waals surface area contributed by atoms with Crippen LogP contribution in [0.25, 0.3) is 0 Å².